The lowest BCUT2D eigenvalue weighted by molar-refractivity contribution is 0.375. The third kappa shape index (κ3) is 2.84. The van der Waals surface area contributed by atoms with E-state index in [2.05, 4.69) is 5.16 Å². The second-order valence-corrected chi connectivity index (χ2v) is 5.35. The number of aromatic nitrogens is 1. The summed E-state index contributed by atoms with van der Waals surface area (Å²) in [7, 11) is 0. The molecule has 0 fully saturated rings. The molecule has 2 aromatic rings. The van der Waals surface area contributed by atoms with E-state index < -0.39 is 6.04 Å². The van der Waals surface area contributed by atoms with Crippen LogP contribution in [0.1, 0.15) is 36.4 Å². The Hall–Kier alpha value is -2.49. The van der Waals surface area contributed by atoms with E-state index in [9.17, 15) is 0 Å². The van der Waals surface area contributed by atoms with E-state index in [1.165, 1.54) is 0 Å². The van der Waals surface area contributed by atoms with Crippen LogP contribution in [0.15, 0.2) is 57.6 Å². The van der Waals surface area contributed by atoms with Gasteiger partial charge in [-0.1, -0.05) is 41.1 Å². The van der Waals surface area contributed by atoms with Gasteiger partial charge in [-0.25, -0.2) is 0 Å². The van der Waals surface area contributed by atoms with Gasteiger partial charge < -0.3 is 9.93 Å². The fraction of sp³-hybridized carbons (Fsp3) is 0.235. The van der Waals surface area contributed by atoms with E-state index in [-0.39, 0.29) is 0 Å². The van der Waals surface area contributed by atoms with Crippen LogP contribution in [0.4, 0.5) is 0 Å². The van der Waals surface area contributed by atoms with Gasteiger partial charge in [0.2, 0.25) is 0 Å². The monoisotopic (exact) mass is 279 g/mol. The second-order valence-electron chi connectivity index (χ2n) is 5.35. The van der Waals surface area contributed by atoms with Crippen molar-refractivity contribution in [2.45, 2.75) is 26.3 Å². The van der Waals surface area contributed by atoms with E-state index in [0.29, 0.717) is 17.9 Å². The van der Waals surface area contributed by atoms with Crippen LogP contribution >= 0.6 is 0 Å². The van der Waals surface area contributed by atoms with Crippen LogP contribution in [-0.4, -0.2) is 16.6 Å². The quantitative estimate of drug-likeness (QED) is 0.906. The van der Waals surface area contributed by atoms with E-state index >= 15 is 0 Å². The molecule has 1 aromatic carbocycles. The van der Waals surface area contributed by atoms with Gasteiger partial charge in [0.15, 0.2) is 5.76 Å². The Balaban J connectivity index is 2.07. The lowest BCUT2D eigenvalue weighted by atomic mass is 10.0. The van der Waals surface area contributed by atoms with Crippen LogP contribution in [-0.2, 0) is 0 Å². The van der Waals surface area contributed by atoms with Crippen molar-refractivity contribution in [3.63, 3.8) is 0 Å². The van der Waals surface area contributed by atoms with E-state index in [1.807, 2.05) is 56.3 Å². The predicted octanol–water partition coefficient (Wildman–Crippen LogP) is 3.88. The SMILES string of the molecule is CC1=CC(c2ccccc2)=NC(c2cc(C)no2)C(=N)C1. The molecule has 1 unspecified atom stereocenters. The van der Waals surface area contributed by atoms with Crippen LogP contribution in [0.5, 0.6) is 0 Å². The second kappa shape index (κ2) is 5.48. The Morgan fingerprint density at radius 2 is 1.95 bits per heavy atom. The maximum Gasteiger partial charge on any atom is 0.167 e. The Labute approximate surface area is 123 Å². The fourth-order valence-corrected chi connectivity index (χ4v) is 2.45. The number of hydrogen-bond acceptors (Lipinski definition) is 4. The molecular weight excluding hydrogens is 262 g/mol. The lowest BCUT2D eigenvalue weighted by Crippen LogP contribution is -2.09. The highest BCUT2D eigenvalue weighted by Crippen LogP contribution is 2.27. The summed E-state index contributed by atoms with van der Waals surface area (Å²) in [6.07, 6.45) is 2.65. The summed E-state index contributed by atoms with van der Waals surface area (Å²) in [6, 6.07) is 11.5. The predicted molar refractivity (Wildman–Crippen MR) is 83.1 cm³/mol. The molecule has 1 aliphatic rings. The van der Waals surface area contributed by atoms with Crippen LogP contribution in [0.2, 0.25) is 0 Å². The topological polar surface area (TPSA) is 62.2 Å². The minimum atomic E-state index is -0.393. The Kier molecular flexibility index (Phi) is 3.52. The average molecular weight is 279 g/mol. The summed E-state index contributed by atoms with van der Waals surface area (Å²) in [5, 5.41) is 12.2. The maximum absolute atomic E-state index is 8.28. The third-order valence-corrected chi connectivity index (χ3v) is 3.44. The molecule has 21 heavy (non-hydrogen) atoms. The molecule has 0 aliphatic carbocycles. The highest BCUT2D eigenvalue weighted by Gasteiger charge is 2.24. The molecule has 0 radical (unpaired) electrons. The van der Waals surface area contributed by atoms with Gasteiger partial charge in [0.1, 0.15) is 6.04 Å². The summed E-state index contributed by atoms with van der Waals surface area (Å²) in [6.45, 7) is 3.90. The number of allylic oxidation sites excluding steroid dienone is 2. The van der Waals surface area contributed by atoms with Gasteiger partial charge in [-0.05, 0) is 25.5 Å². The van der Waals surface area contributed by atoms with Crippen molar-refractivity contribution in [2.75, 3.05) is 0 Å². The van der Waals surface area contributed by atoms with Gasteiger partial charge in [-0.15, -0.1) is 0 Å². The van der Waals surface area contributed by atoms with Crippen molar-refractivity contribution in [2.24, 2.45) is 4.99 Å². The molecular formula is C17H17N3O. The first kappa shape index (κ1) is 13.5. The molecule has 3 rings (SSSR count). The fourth-order valence-electron chi connectivity index (χ4n) is 2.45. The molecule has 0 bridgehead atoms. The van der Waals surface area contributed by atoms with Crippen LogP contribution in [0, 0.1) is 12.3 Å². The molecule has 1 aromatic heterocycles. The number of rotatable bonds is 2. The highest BCUT2D eigenvalue weighted by atomic mass is 16.5. The van der Waals surface area contributed by atoms with Crippen molar-refractivity contribution >= 4 is 11.4 Å². The Morgan fingerprint density at radius 1 is 1.19 bits per heavy atom. The molecule has 2 heterocycles. The molecule has 0 saturated carbocycles. The van der Waals surface area contributed by atoms with Gasteiger partial charge in [0.05, 0.1) is 11.4 Å². The largest absolute Gasteiger partial charge is 0.358 e. The molecule has 0 amide bonds. The Bertz CT molecular complexity index is 726. The van der Waals surface area contributed by atoms with Crippen molar-refractivity contribution in [1.29, 1.82) is 5.41 Å². The molecule has 1 aliphatic heterocycles. The highest BCUT2D eigenvalue weighted by molar-refractivity contribution is 6.11. The Morgan fingerprint density at radius 3 is 2.62 bits per heavy atom. The van der Waals surface area contributed by atoms with E-state index in [0.717, 1.165) is 22.5 Å². The normalized spacial score (nSPS) is 19.0. The number of aliphatic imine (C=N–C) groups is 1. The van der Waals surface area contributed by atoms with Gasteiger partial charge >= 0.3 is 0 Å². The van der Waals surface area contributed by atoms with Gasteiger partial charge in [-0.3, -0.25) is 4.99 Å². The molecule has 1 atom stereocenters. The number of hydrogen-bond donors (Lipinski definition) is 1. The van der Waals surface area contributed by atoms with Gasteiger partial charge in [-0.2, -0.15) is 0 Å². The first-order chi connectivity index (χ1) is 10.1. The zero-order valence-corrected chi connectivity index (χ0v) is 12.1. The molecule has 0 spiro atoms. The molecule has 106 valence electrons. The van der Waals surface area contributed by atoms with Crippen molar-refractivity contribution in [3.8, 4) is 0 Å². The molecule has 0 saturated heterocycles. The average Bonchev–Trinajstić information content (AvgIpc) is 2.83. The summed E-state index contributed by atoms with van der Waals surface area (Å²) in [5.41, 5.74) is 4.40. The lowest BCUT2D eigenvalue weighted by Gasteiger charge is -2.09. The molecule has 4 heteroatoms. The van der Waals surface area contributed by atoms with E-state index in [1.54, 1.807) is 0 Å². The first-order valence-electron chi connectivity index (χ1n) is 6.94. The minimum Gasteiger partial charge on any atom is -0.358 e. The van der Waals surface area contributed by atoms with Crippen LogP contribution in [0.3, 0.4) is 0 Å². The number of benzene rings is 1. The first-order valence-corrected chi connectivity index (χ1v) is 6.94. The smallest absolute Gasteiger partial charge is 0.167 e. The third-order valence-electron chi connectivity index (χ3n) is 3.44. The summed E-state index contributed by atoms with van der Waals surface area (Å²) in [5.74, 6) is 0.633. The van der Waals surface area contributed by atoms with Crippen molar-refractivity contribution in [1.82, 2.24) is 5.16 Å². The zero-order valence-electron chi connectivity index (χ0n) is 12.1. The zero-order chi connectivity index (χ0) is 14.8. The number of nitrogens with one attached hydrogen (secondary N) is 1. The molecule has 4 nitrogen and oxygen atoms in total. The van der Waals surface area contributed by atoms with Gasteiger partial charge in [0, 0.05) is 18.2 Å². The standard InChI is InChI=1S/C17H17N3O/c1-11-8-14(18)17(16-10-12(2)20-21-16)19-15(9-11)13-6-4-3-5-7-13/h3-7,9-10,17-18H,8H2,1-2H3. The van der Waals surface area contributed by atoms with Crippen molar-refractivity contribution < 1.29 is 4.52 Å². The van der Waals surface area contributed by atoms with Crippen molar-refractivity contribution in [3.05, 3.63) is 65.1 Å². The number of aryl methyl sites for hydroxylation is 1. The van der Waals surface area contributed by atoms with Crippen LogP contribution in [0.25, 0.3) is 0 Å². The van der Waals surface area contributed by atoms with Crippen LogP contribution < -0.4 is 0 Å². The summed E-state index contributed by atoms with van der Waals surface area (Å²) < 4.78 is 5.33. The summed E-state index contributed by atoms with van der Waals surface area (Å²) >= 11 is 0. The number of nitrogens with zero attached hydrogens (tertiary/aromatic N) is 2. The summed E-state index contributed by atoms with van der Waals surface area (Å²) in [4.78, 5) is 4.74. The van der Waals surface area contributed by atoms with E-state index in [4.69, 9.17) is 14.9 Å². The van der Waals surface area contributed by atoms with Gasteiger partial charge in [0.25, 0.3) is 0 Å². The molecule has 1 N–H and O–H groups in total. The maximum atomic E-state index is 8.28. The minimum absolute atomic E-state index is 0.393.